The van der Waals surface area contributed by atoms with Crippen LogP contribution in [0.4, 0.5) is 10.1 Å². The third-order valence-electron chi connectivity index (χ3n) is 4.94. The Hall–Kier alpha value is -3.71. The zero-order chi connectivity index (χ0) is 22.1. The smallest absolute Gasteiger partial charge is 0.300 e. The van der Waals surface area contributed by atoms with Gasteiger partial charge in [-0.25, -0.2) is 4.39 Å². The van der Waals surface area contributed by atoms with Gasteiger partial charge < -0.3 is 9.84 Å². The van der Waals surface area contributed by atoms with Crippen LogP contribution in [0.3, 0.4) is 0 Å². The fraction of sp³-hybridized carbons (Fsp3) is 0.0870. The van der Waals surface area contributed by atoms with Gasteiger partial charge in [0.2, 0.25) is 0 Å². The summed E-state index contributed by atoms with van der Waals surface area (Å²) in [4.78, 5) is 31.5. The van der Waals surface area contributed by atoms with E-state index in [1.165, 1.54) is 60.7 Å². The van der Waals surface area contributed by atoms with E-state index < -0.39 is 29.3 Å². The van der Waals surface area contributed by atoms with Crippen molar-refractivity contribution in [2.45, 2.75) is 6.04 Å². The molecular weight excluding hydrogens is 423 g/mol. The molecule has 0 aliphatic carbocycles. The van der Waals surface area contributed by atoms with E-state index in [2.05, 4.69) is 4.98 Å². The molecular formula is C23H16ClFN2O4. The van der Waals surface area contributed by atoms with Crippen LogP contribution in [-0.4, -0.2) is 28.9 Å². The molecule has 31 heavy (non-hydrogen) atoms. The lowest BCUT2D eigenvalue weighted by atomic mass is 9.98. The van der Waals surface area contributed by atoms with Gasteiger partial charge in [0.1, 0.15) is 23.4 Å². The van der Waals surface area contributed by atoms with E-state index in [4.69, 9.17) is 16.3 Å². The monoisotopic (exact) mass is 438 g/mol. The number of amides is 1. The highest BCUT2D eigenvalue weighted by molar-refractivity contribution is 6.51. The van der Waals surface area contributed by atoms with Crippen molar-refractivity contribution in [3.63, 3.8) is 0 Å². The van der Waals surface area contributed by atoms with Crippen molar-refractivity contribution in [2.75, 3.05) is 12.0 Å². The number of benzene rings is 2. The first-order valence-corrected chi connectivity index (χ1v) is 9.61. The summed E-state index contributed by atoms with van der Waals surface area (Å²) in [6.45, 7) is 0. The maximum absolute atomic E-state index is 13.4. The molecule has 0 radical (unpaired) electrons. The molecule has 1 fully saturated rings. The van der Waals surface area contributed by atoms with Crippen molar-refractivity contribution in [3.8, 4) is 5.75 Å². The Bertz CT molecular complexity index is 1200. The summed E-state index contributed by atoms with van der Waals surface area (Å²) in [6, 6.07) is 13.7. The quantitative estimate of drug-likeness (QED) is 0.368. The number of aromatic nitrogens is 1. The Balaban J connectivity index is 1.93. The molecule has 1 aliphatic heterocycles. The zero-order valence-electron chi connectivity index (χ0n) is 16.3. The van der Waals surface area contributed by atoms with Gasteiger partial charge in [-0.1, -0.05) is 17.7 Å². The Morgan fingerprint density at radius 2 is 1.87 bits per heavy atom. The fourth-order valence-electron chi connectivity index (χ4n) is 3.48. The lowest BCUT2D eigenvalue weighted by Gasteiger charge is -2.24. The summed E-state index contributed by atoms with van der Waals surface area (Å²) in [5, 5.41) is 11.4. The van der Waals surface area contributed by atoms with Gasteiger partial charge in [0.25, 0.3) is 11.7 Å². The molecule has 0 bridgehead atoms. The molecule has 156 valence electrons. The Morgan fingerprint density at radius 1 is 1.13 bits per heavy atom. The standard InChI is InChI=1S/C23H16ClFN2O4/c1-31-18-12-13(5-10-16(18)24)21(28)19-20(17-4-2-3-11-26-17)27(23(30)22(19)29)15-8-6-14(25)7-9-15/h2-12,20,28H,1H3/b21-19-. The molecule has 0 saturated carbocycles. The third kappa shape index (κ3) is 3.64. The van der Waals surface area contributed by atoms with Crippen LogP contribution in [0, 0.1) is 5.82 Å². The molecule has 1 aromatic heterocycles. The van der Waals surface area contributed by atoms with Gasteiger partial charge in [-0.15, -0.1) is 0 Å². The maximum atomic E-state index is 13.4. The molecule has 1 amide bonds. The number of Topliss-reactive ketones (excluding diaryl/α,β-unsaturated/α-hetero) is 1. The number of aliphatic hydroxyl groups excluding tert-OH is 1. The molecule has 2 heterocycles. The van der Waals surface area contributed by atoms with E-state index >= 15 is 0 Å². The van der Waals surface area contributed by atoms with Gasteiger partial charge in [-0.3, -0.25) is 19.5 Å². The topological polar surface area (TPSA) is 79.7 Å². The number of pyridine rings is 1. The van der Waals surface area contributed by atoms with Gasteiger partial charge in [-0.2, -0.15) is 0 Å². The predicted octanol–water partition coefficient (Wildman–Crippen LogP) is 4.51. The van der Waals surface area contributed by atoms with Crippen molar-refractivity contribution >= 4 is 34.7 Å². The Labute approximate surface area is 182 Å². The molecule has 1 aliphatic rings. The molecule has 8 heteroatoms. The SMILES string of the molecule is COc1cc(/C(O)=C2/C(=O)C(=O)N(c3ccc(F)cc3)C2c2ccccn2)ccc1Cl. The summed E-state index contributed by atoms with van der Waals surface area (Å²) < 4.78 is 18.6. The van der Waals surface area contributed by atoms with Gasteiger partial charge in [0.05, 0.1) is 23.4 Å². The van der Waals surface area contributed by atoms with Crippen molar-refractivity contribution in [1.82, 2.24) is 4.98 Å². The van der Waals surface area contributed by atoms with Crippen molar-refractivity contribution in [3.05, 3.63) is 94.5 Å². The van der Waals surface area contributed by atoms with Gasteiger partial charge in [0.15, 0.2) is 0 Å². The number of methoxy groups -OCH3 is 1. The number of aliphatic hydroxyl groups is 1. The summed E-state index contributed by atoms with van der Waals surface area (Å²) in [7, 11) is 1.42. The average molecular weight is 439 g/mol. The van der Waals surface area contributed by atoms with Crippen LogP contribution in [0.15, 0.2) is 72.4 Å². The molecule has 1 saturated heterocycles. The molecule has 2 aromatic carbocycles. The van der Waals surface area contributed by atoms with Crippen molar-refractivity contribution < 1.29 is 23.8 Å². The highest BCUT2D eigenvalue weighted by Crippen LogP contribution is 2.42. The maximum Gasteiger partial charge on any atom is 0.300 e. The Kier molecular flexibility index (Phi) is 5.44. The van der Waals surface area contributed by atoms with E-state index in [0.717, 1.165) is 0 Å². The van der Waals surface area contributed by atoms with Gasteiger partial charge >= 0.3 is 0 Å². The second-order valence-electron chi connectivity index (χ2n) is 6.75. The molecule has 1 atom stereocenters. The number of ether oxygens (including phenoxy) is 1. The van der Waals surface area contributed by atoms with E-state index in [1.807, 2.05) is 0 Å². The fourth-order valence-corrected chi connectivity index (χ4v) is 3.68. The average Bonchev–Trinajstić information content (AvgIpc) is 3.05. The van der Waals surface area contributed by atoms with Crippen LogP contribution in [0.5, 0.6) is 5.75 Å². The third-order valence-corrected chi connectivity index (χ3v) is 5.25. The largest absolute Gasteiger partial charge is 0.507 e. The summed E-state index contributed by atoms with van der Waals surface area (Å²) in [5.74, 6) is -2.32. The molecule has 0 spiro atoms. The number of rotatable bonds is 4. The second-order valence-corrected chi connectivity index (χ2v) is 7.16. The van der Waals surface area contributed by atoms with Gasteiger partial charge in [-0.05, 0) is 54.6 Å². The van der Waals surface area contributed by atoms with Crippen molar-refractivity contribution in [1.29, 1.82) is 0 Å². The second kappa shape index (κ2) is 8.20. The number of carbonyl (C=O) groups is 2. The lowest BCUT2D eigenvalue weighted by molar-refractivity contribution is -0.132. The summed E-state index contributed by atoms with van der Waals surface area (Å²) >= 11 is 6.06. The molecule has 1 N–H and O–H groups in total. The minimum atomic E-state index is -1.01. The predicted molar refractivity (Wildman–Crippen MR) is 113 cm³/mol. The van der Waals surface area contributed by atoms with Crippen LogP contribution in [0.2, 0.25) is 5.02 Å². The first-order valence-electron chi connectivity index (χ1n) is 9.23. The van der Waals surface area contributed by atoms with Crippen LogP contribution in [0.25, 0.3) is 5.76 Å². The first-order chi connectivity index (χ1) is 14.9. The summed E-state index contributed by atoms with van der Waals surface area (Å²) in [5.41, 5.74) is 0.775. The van der Waals surface area contributed by atoms with Crippen LogP contribution in [-0.2, 0) is 9.59 Å². The van der Waals surface area contributed by atoms with E-state index in [9.17, 15) is 19.1 Å². The molecule has 3 aromatic rings. The van der Waals surface area contributed by atoms with E-state index in [0.29, 0.717) is 22.2 Å². The summed E-state index contributed by atoms with van der Waals surface area (Å²) in [6.07, 6.45) is 1.52. The number of nitrogens with zero attached hydrogens (tertiary/aromatic N) is 2. The number of anilines is 1. The van der Waals surface area contributed by atoms with Gasteiger partial charge in [0, 0.05) is 17.4 Å². The highest BCUT2D eigenvalue weighted by Gasteiger charge is 2.47. The van der Waals surface area contributed by atoms with Crippen molar-refractivity contribution in [2.24, 2.45) is 0 Å². The number of halogens is 2. The zero-order valence-corrected chi connectivity index (χ0v) is 17.0. The number of ketones is 1. The molecule has 4 rings (SSSR count). The number of hydrogen-bond donors (Lipinski definition) is 1. The minimum Gasteiger partial charge on any atom is -0.507 e. The number of carbonyl (C=O) groups excluding carboxylic acids is 2. The van der Waals surface area contributed by atoms with Crippen LogP contribution in [0.1, 0.15) is 17.3 Å². The molecule has 6 nitrogen and oxygen atoms in total. The molecule has 1 unspecified atom stereocenters. The van der Waals surface area contributed by atoms with E-state index in [1.54, 1.807) is 18.2 Å². The Morgan fingerprint density at radius 3 is 2.52 bits per heavy atom. The van der Waals surface area contributed by atoms with Crippen LogP contribution >= 0.6 is 11.6 Å². The number of hydrogen-bond acceptors (Lipinski definition) is 5. The minimum absolute atomic E-state index is 0.141. The highest BCUT2D eigenvalue weighted by atomic mass is 35.5. The first kappa shape index (κ1) is 20.6. The normalized spacial score (nSPS) is 17.8. The lowest BCUT2D eigenvalue weighted by Crippen LogP contribution is -2.29. The van der Waals surface area contributed by atoms with Crippen LogP contribution < -0.4 is 9.64 Å². The van der Waals surface area contributed by atoms with E-state index in [-0.39, 0.29) is 11.1 Å².